The van der Waals surface area contributed by atoms with Crippen LogP contribution >= 0.6 is 12.4 Å². The van der Waals surface area contributed by atoms with Gasteiger partial charge >= 0.3 is 0 Å². The second-order valence-electron chi connectivity index (χ2n) is 8.28. The maximum atomic E-state index is 13.4. The minimum atomic E-state index is -0.00142. The molecule has 0 bridgehead atoms. The molecule has 4 rings (SSSR count). The van der Waals surface area contributed by atoms with Gasteiger partial charge in [0.1, 0.15) is 0 Å². The Bertz CT molecular complexity index is 803. The summed E-state index contributed by atoms with van der Waals surface area (Å²) in [6, 6.07) is 9.16. The summed E-state index contributed by atoms with van der Waals surface area (Å²) in [5, 5.41) is 7.72. The third kappa shape index (κ3) is 3.96. The van der Waals surface area contributed by atoms with Crippen LogP contribution in [-0.4, -0.2) is 46.8 Å². The minimum Gasteiger partial charge on any atom is -0.342 e. The van der Waals surface area contributed by atoms with Gasteiger partial charge in [0, 0.05) is 51.3 Å². The van der Waals surface area contributed by atoms with Crippen molar-refractivity contribution in [2.75, 3.05) is 20.1 Å². The van der Waals surface area contributed by atoms with Crippen molar-refractivity contribution in [1.82, 2.24) is 20.0 Å². The zero-order chi connectivity index (χ0) is 19.0. The highest BCUT2D eigenvalue weighted by molar-refractivity contribution is 5.85. The molecule has 28 heavy (non-hydrogen) atoms. The van der Waals surface area contributed by atoms with Crippen molar-refractivity contribution in [3.63, 3.8) is 0 Å². The highest BCUT2D eigenvalue weighted by atomic mass is 35.5. The number of carbonyl (C=O) groups excluding carboxylic acids is 1. The average Bonchev–Trinajstić information content (AvgIpc) is 3.41. The first-order chi connectivity index (χ1) is 13.0. The molecule has 1 aromatic heterocycles. The lowest BCUT2D eigenvalue weighted by atomic mass is 9.88. The molecule has 1 aliphatic heterocycles. The molecule has 1 aromatic carbocycles. The van der Waals surface area contributed by atoms with Crippen molar-refractivity contribution >= 4 is 18.3 Å². The normalized spacial score (nSPS) is 26.8. The van der Waals surface area contributed by atoms with E-state index in [2.05, 4.69) is 46.5 Å². The molecule has 2 fully saturated rings. The summed E-state index contributed by atoms with van der Waals surface area (Å²) in [5.41, 5.74) is 3.82. The standard InChI is InChI=1S/C22H30N4O.ClH/c1-15-7-9-16(10-8-15)18-5-4-6-21(18)26(3)22(27)20-13-23-12-19(20)17-11-24-25(2)14-17;/h7-11,14,18-21,23H,4-6,12-13H2,1-3H3;1H/t18?,19-,20+,21?;/m1./s1. The predicted octanol–water partition coefficient (Wildman–Crippen LogP) is 3.25. The molecule has 1 aliphatic carbocycles. The number of aryl methyl sites for hydroxylation is 2. The molecular formula is C22H31ClN4O. The second-order valence-corrected chi connectivity index (χ2v) is 8.28. The lowest BCUT2D eigenvalue weighted by Gasteiger charge is -2.33. The molecule has 6 heteroatoms. The fraction of sp³-hybridized carbons (Fsp3) is 0.545. The number of hydrogen-bond acceptors (Lipinski definition) is 3. The molecule has 4 atom stereocenters. The number of benzene rings is 1. The van der Waals surface area contributed by atoms with Crippen LogP contribution in [0.2, 0.25) is 0 Å². The Morgan fingerprint density at radius 3 is 2.57 bits per heavy atom. The van der Waals surface area contributed by atoms with E-state index in [1.165, 1.54) is 24.0 Å². The molecule has 152 valence electrons. The number of nitrogens with zero attached hydrogens (tertiary/aromatic N) is 3. The van der Waals surface area contributed by atoms with E-state index in [0.29, 0.717) is 12.0 Å². The van der Waals surface area contributed by atoms with Crippen LogP contribution in [0.3, 0.4) is 0 Å². The first-order valence-electron chi connectivity index (χ1n) is 10.1. The zero-order valence-corrected chi connectivity index (χ0v) is 17.8. The number of likely N-dealkylation sites (N-methyl/N-ethyl adjacent to an activating group) is 1. The van der Waals surface area contributed by atoms with Crippen LogP contribution in [0.1, 0.15) is 47.8 Å². The Hall–Kier alpha value is -1.85. The Balaban J connectivity index is 0.00000225. The van der Waals surface area contributed by atoms with E-state index in [1.807, 2.05) is 31.2 Å². The molecule has 2 aliphatic rings. The van der Waals surface area contributed by atoms with E-state index >= 15 is 0 Å². The van der Waals surface area contributed by atoms with Crippen molar-refractivity contribution in [3.05, 3.63) is 53.3 Å². The van der Waals surface area contributed by atoms with Crippen molar-refractivity contribution in [2.45, 2.75) is 44.1 Å². The summed E-state index contributed by atoms with van der Waals surface area (Å²) < 4.78 is 1.82. The molecule has 1 saturated heterocycles. The average molecular weight is 403 g/mol. The summed E-state index contributed by atoms with van der Waals surface area (Å²) in [4.78, 5) is 15.5. The number of rotatable bonds is 4. The first kappa shape index (κ1) is 20.9. The van der Waals surface area contributed by atoms with Gasteiger partial charge in [-0.25, -0.2) is 0 Å². The minimum absolute atomic E-state index is 0. The Morgan fingerprint density at radius 1 is 1.14 bits per heavy atom. The summed E-state index contributed by atoms with van der Waals surface area (Å²) in [6.07, 6.45) is 7.40. The molecular weight excluding hydrogens is 372 g/mol. The second kappa shape index (κ2) is 8.66. The Labute approximate surface area is 173 Å². The maximum Gasteiger partial charge on any atom is 0.227 e. The fourth-order valence-corrected chi connectivity index (χ4v) is 4.95. The van der Waals surface area contributed by atoms with E-state index in [9.17, 15) is 4.79 Å². The number of aromatic nitrogens is 2. The molecule has 2 unspecified atom stereocenters. The topological polar surface area (TPSA) is 50.2 Å². The van der Waals surface area contributed by atoms with Crippen molar-refractivity contribution < 1.29 is 4.79 Å². The predicted molar refractivity (Wildman–Crippen MR) is 114 cm³/mol. The van der Waals surface area contributed by atoms with Gasteiger partial charge < -0.3 is 10.2 Å². The van der Waals surface area contributed by atoms with Crippen LogP contribution in [0.25, 0.3) is 0 Å². The van der Waals surface area contributed by atoms with E-state index < -0.39 is 0 Å². The highest BCUT2D eigenvalue weighted by Crippen LogP contribution is 2.39. The van der Waals surface area contributed by atoms with Gasteiger partial charge in [-0.3, -0.25) is 9.48 Å². The highest BCUT2D eigenvalue weighted by Gasteiger charge is 2.40. The molecule has 2 heterocycles. The lowest BCUT2D eigenvalue weighted by Crippen LogP contribution is -2.43. The Morgan fingerprint density at radius 2 is 1.89 bits per heavy atom. The summed E-state index contributed by atoms with van der Waals surface area (Å²) in [5.74, 6) is 0.940. The number of amides is 1. The van der Waals surface area contributed by atoms with Crippen LogP contribution in [0.4, 0.5) is 0 Å². The molecule has 1 saturated carbocycles. The monoisotopic (exact) mass is 402 g/mol. The van der Waals surface area contributed by atoms with Crippen LogP contribution in [0.15, 0.2) is 36.7 Å². The molecule has 2 aromatic rings. The number of carbonyl (C=O) groups is 1. The Kier molecular flexibility index (Phi) is 6.46. The van der Waals surface area contributed by atoms with E-state index in [1.54, 1.807) is 0 Å². The first-order valence-corrected chi connectivity index (χ1v) is 10.1. The van der Waals surface area contributed by atoms with Gasteiger partial charge in [-0.05, 0) is 30.9 Å². The van der Waals surface area contributed by atoms with Crippen LogP contribution in [0.5, 0.6) is 0 Å². The van der Waals surface area contributed by atoms with Crippen LogP contribution in [0, 0.1) is 12.8 Å². The van der Waals surface area contributed by atoms with Gasteiger partial charge in [-0.1, -0.05) is 36.2 Å². The van der Waals surface area contributed by atoms with Crippen molar-refractivity contribution in [3.8, 4) is 0 Å². The van der Waals surface area contributed by atoms with Crippen molar-refractivity contribution in [1.29, 1.82) is 0 Å². The van der Waals surface area contributed by atoms with Gasteiger partial charge in [0.05, 0.1) is 12.1 Å². The van der Waals surface area contributed by atoms with Gasteiger partial charge in [-0.2, -0.15) is 5.10 Å². The van der Waals surface area contributed by atoms with Crippen LogP contribution in [-0.2, 0) is 11.8 Å². The van der Waals surface area contributed by atoms with Crippen LogP contribution < -0.4 is 5.32 Å². The smallest absolute Gasteiger partial charge is 0.227 e. The molecule has 1 amide bonds. The molecule has 0 spiro atoms. The summed E-state index contributed by atoms with van der Waals surface area (Å²) >= 11 is 0. The number of hydrogen-bond donors (Lipinski definition) is 1. The zero-order valence-electron chi connectivity index (χ0n) is 17.0. The molecule has 5 nitrogen and oxygen atoms in total. The molecule has 0 radical (unpaired) electrons. The maximum absolute atomic E-state index is 13.4. The molecule has 1 N–H and O–H groups in total. The summed E-state index contributed by atoms with van der Waals surface area (Å²) in [6.45, 7) is 3.73. The van der Waals surface area contributed by atoms with Gasteiger partial charge in [0.2, 0.25) is 5.91 Å². The SMILES string of the molecule is Cc1ccc(C2CCCC2N(C)C(=O)[C@H]2CNC[C@@H]2c2cnn(C)c2)cc1.Cl. The van der Waals surface area contributed by atoms with E-state index in [0.717, 1.165) is 25.1 Å². The third-order valence-corrected chi connectivity index (χ3v) is 6.51. The largest absolute Gasteiger partial charge is 0.342 e. The fourth-order valence-electron chi connectivity index (χ4n) is 4.95. The van der Waals surface area contributed by atoms with Crippen molar-refractivity contribution in [2.24, 2.45) is 13.0 Å². The van der Waals surface area contributed by atoms with E-state index in [-0.39, 0.29) is 30.2 Å². The third-order valence-electron chi connectivity index (χ3n) is 6.51. The van der Waals surface area contributed by atoms with E-state index in [4.69, 9.17) is 0 Å². The number of nitrogens with one attached hydrogen (secondary N) is 1. The lowest BCUT2D eigenvalue weighted by molar-refractivity contribution is -0.136. The van der Waals surface area contributed by atoms with Gasteiger partial charge in [0.15, 0.2) is 0 Å². The van der Waals surface area contributed by atoms with Gasteiger partial charge in [-0.15, -0.1) is 12.4 Å². The summed E-state index contributed by atoms with van der Waals surface area (Å²) in [7, 11) is 3.94. The number of halogens is 1. The van der Waals surface area contributed by atoms with Gasteiger partial charge in [0.25, 0.3) is 0 Å². The quantitative estimate of drug-likeness (QED) is 0.854.